The zero-order chi connectivity index (χ0) is 16.7. The van der Waals surface area contributed by atoms with E-state index in [1.807, 2.05) is 0 Å². The van der Waals surface area contributed by atoms with Crippen LogP contribution in [-0.4, -0.2) is 30.8 Å². The monoisotopic (exact) mass is 344 g/mol. The molecule has 2 rings (SSSR count). The molecule has 0 radical (unpaired) electrons. The fraction of sp³-hybridized carbons (Fsp3) is 0.467. The first-order chi connectivity index (χ1) is 10.0. The number of ketones is 2. The first-order valence-electron chi connectivity index (χ1n) is 6.78. The third-order valence-electron chi connectivity index (χ3n) is 3.66. The highest BCUT2D eigenvalue weighted by atomic mass is 35.5. The Morgan fingerprint density at radius 1 is 1.32 bits per heavy atom. The van der Waals surface area contributed by atoms with Crippen molar-refractivity contribution < 1.29 is 22.2 Å². The van der Waals surface area contributed by atoms with Gasteiger partial charge < -0.3 is 4.79 Å². The summed E-state index contributed by atoms with van der Waals surface area (Å²) in [5, 5.41) is -0.893. The van der Waals surface area contributed by atoms with Crippen molar-refractivity contribution in [3.63, 3.8) is 0 Å². The minimum Gasteiger partial charge on any atom is -0.300 e. The van der Waals surface area contributed by atoms with Gasteiger partial charge in [0.15, 0.2) is 11.0 Å². The summed E-state index contributed by atoms with van der Waals surface area (Å²) >= 11 is 5.83. The normalized spacial score (nSPS) is 24.2. The Morgan fingerprint density at radius 2 is 1.86 bits per heavy atom. The average molecular weight is 345 g/mol. The van der Waals surface area contributed by atoms with Crippen molar-refractivity contribution in [1.29, 1.82) is 0 Å². The van der Waals surface area contributed by atoms with E-state index in [0.717, 1.165) is 0 Å². The molecule has 2 unspecified atom stereocenters. The molecule has 2 atom stereocenters. The molecule has 1 aromatic rings. The zero-order valence-electron chi connectivity index (χ0n) is 12.5. The topological polar surface area (TPSA) is 77.5 Å². The Bertz CT molecular complexity index is 706. The van der Waals surface area contributed by atoms with E-state index >= 15 is 0 Å². The van der Waals surface area contributed by atoms with Gasteiger partial charge in [0.25, 0.3) is 10.1 Å². The fourth-order valence-corrected chi connectivity index (χ4v) is 4.75. The molecule has 1 fully saturated rings. The molecule has 0 aromatic heterocycles. The van der Waals surface area contributed by atoms with Gasteiger partial charge in [0.2, 0.25) is 0 Å². The third-order valence-corrected chi connectivity index (χ3v) is 5.72. The lowest BCUT2D eigenvalue weighted by molar-refractivity contribution is -0.128. The van der Waals surface area contributed by atoms with Gasteiger partial charge in [-0.15, -0.1) is 0 Å². The number of carbonyl (C=O) groups is 2. The lowest BCUT2D eigenvalue weighted by Gasteiger charge is -2.20. The summed E-state index contributed by atoms with van der Waals surface area (Å²) in [6.45, 7) is 4.19. The molecule has 1 aliphatic heterocycles. The third kappa shape index (κ3) is 3.24. The molecular formula is C15H17ClO5S. The minimum absolute atomic E-state index is 0.0588. The number of hydrogen-bond acceptors (Lipinski definition) is 5. The SMILES string of the molecule is CC(=O)CC(c1ccc(Cl)cc1)C1C(=O)C(C)(C)OS1(=O)=O. The first kappa shape index (κ1) is 17.1. The predicted molar refractivity (Wildman–Crippen MR) is 82.4 cm³/mol. The van der Waals surface area contributed by atoms with Gasteiger partial charge >= 0.3 is 0 Å². The Morgan fingerprint density at radius 3 is 2.27 bits per heavy atom. The van der Waals surface area contributed by atoms with E-state index in [0.29, 0.717) is 10.6 Å². The summed E-state index contributed by atoms with van der Waals surface area (Å²) in [7, 11) is -4.08. The molecule has 0 saturated carbocycles. The lowest BCUT2D eigenvalue weighted by Crippen LogP contribution is -2.36. The molecule has 22 heavy (non-hydrogen) atoms. The molecule has 1 heterocycles. The molecule has 120 valence electrons. The van der Waals surface area contributed by atoms with Crippen molar-refractivity contribution >= 4 is 33.3 Å². The van der Waals surface area contributed by atoms with E-state index in [1.54, 1.807) is 24.3 Å². The van der Waals surface area contributed by atoms with E-state index in [2.05, 4.69) is 0 Å². The number of carbonyl (C=O) groups excluding carboxylic acids is 2. The fourth-order valence-electron chi connectivity index (χ4n) is 2.66. The molecule has 0 N–H and O–H groups in total. The second kappa shape index (κ2) is 5.76. The molecule has 7 heteroatoms. The maximum absolute atomic E-state index is 12.5. The second-order valence-corrected chi connectivity index (χ2v) is 8.03. The molecule has 5 nitrogen and oxygen atoms in total. The molecule has 1 saturated heterocycles. The van der Waals surface area contributed by atoms with Gasteiger partial charge in [0.1, 0.15) is 11.4 Å². The van der Waals surface area contributed by atoms with E-state index in [1.165, 1.54) is 20.8 Å². The van der Waals surface area contributed by atoms with Crippen molar-refractivity contribution in [2.75, 3.05) is 0 Å². The predicted octanol–water partition coefficient (Wildman–Crippen LogP) is 2.48. The van der Waals surface area contributed by atoms with Crippen LogP contribution in [0.2, 0.25) is 5.02 Å². The van der Waals surface area contributed by atoms with Gasteiger partial charge in [-0.3, -0.25) is 8.98 Å². The highest BCUT2D eigenvalue weighted by Gasteiger charge is 2.56. The lowest BCUT2D eigenvalue weighted by atomic mass is 9.85. The van der Waals surface area contributed by atoms with Crippen molar-refractivity contribution in [2.45, 2.75) is 44.0 Å². The number of rotatable bonds is 4. The highest BCUT2D eigenvalue weighted by Crippen LogP contribution is 2.39. The molecule has 1 aliphatic rings. The Balaban J connectivity index is 2.52. The van der Waals surface area contributed by atoms with Crippen LogP contribution >= 0.6 is 11.6 Å². The number of benzene rings is 1. The summed E-state index contributed by atoms with van der Waals surface area (Å²) in [4.78, 5) is 24.0. The van der Waals surface area contributed by atoms with Crippen LogP contribution < -0.4 is 0 Å². The van der Waals surface area contributed by atoms with Gasteiger partial charge in [-0.05, 0) is 38.5 Å². The second-order valence-electron chi connectivity index (χ2n) is 5.94. The first-order valence-corrected chi connectivity index (χ1v) is 8.63. The van der Waals surface area contributed by atoms with Crippen LogP contribution in [0.5, 0.6) is 0 Å². The Labute approximate surface area is 134 Å². The summed E-state index contributed by atoms with van der Waals surface area (Å²) < 4.78 is 29.5. The molecular weight excluding hydrogens is 328 g/mol. The highest BCUT2D eigenvalue weighted by molar-refractivity contribution is 7.88. The summed E-state index contributed by atoms with van der Waals surface area (Å²) in [6.07, 6.45) is -0.0588. The molecule has 1 aromatic carbocycles. The van der Waals surface area contributed by atoms with Crippen molar-refractivity contribution in [1.82, 2.24) is 0 Å². The largest absolute Gasteiger partial charge is 0.300 e. The van der Waals surface area contributed by atoms with E-state index in [9.17, 15) is 18.0 Å². The maximum atomic E-state index is 12.5. The number of halogens is 1. The van der Waals surface area contributed by atoms with Crippen LogP contribution in [0.3, 0.4) is 0 Å². The van der Waals surface area contributed by atoms with Crippen LogP contribution in [0.4, 0.5) is 0 Å². The smallest absolute Gasteiger partial charge is 0.279 e. The minimum atomic E-state index is -4.08. The van der Waals surface area contributed by atoms with Gasteiger partial charge in [0, 0.05) is 17.4 Å². The molecule has 0 spiro atoms. The molecule has 0 bridgehead atoms. The Hall–Kier alpha value is -1.24. The Kier molecular flexibility index (Phi) is 4.48. The number of hydrogen-bond donors (Lipinski definition) is 0. The summed E-state index contributed by atoms with van der Waals surface area (Å²) in [5.74, 6) is -1.52. The van der Waals surface area contributed by atoms with Crippen LogP contribution in [0, 0.1) is 0 Å². The van der Waals surface area contributed by atoms with Crippen LogP contribution in [-0.2, 0) is 23.9 Å². The van der Waals surface area contributed by atoms with Gasteiger partial charge in [-0.25, -0.2) is 0 Å². The average Bonchev–Trinajstić information content (AvgIpc) is 2.52. The van der Waals surface area contributed by atoms with Gasteiger partial charge in [-0.1, -0.05) is 23.7 Å². The van der Waals surface area contributed by atoms with Crippen molar-refractivity contribution in [3.05, 3.63) is 34.9 Å². The van der Waals surface area contributed by atoms with Gasteiger partial charge in [-0.2, -0.15) is 8.42 Å². The molecule has 0 aliphatic carbocycles. The summed E-state index contributed by atoms with van der Waals surface area (Å²) in [5.41, 5.74) is -0.840. The van der Waals surface area contributed by atoms with Crippen molar-refractivity contribution in [3.8, 4) is 0 Å². The van der Waals surface area contributed by atoms with E-state index < -0.39 is 32.7 Å². The maximum Gasteiger partial charge on any atom is 0.279 e. The van der Waals surface area contributed by atoms with E-state index in [-0.39, 0.29) is 12.2 Å². The van der Waals surface area contributed by atoms with E-state index in [4.69, 9.17) is 15.8 Å². The van der Waals surface area contributed by atoms with Crippen LogP contribution in [0.25, 0.3) is 0 Å². The van der Waals surface area contributed by atoms with Crippen LogP contribution in [0.1, 0.15) is 38.7 Å². The zero-order valence-corrected chi connectivity index (χ0v) is 14.1. The standard InChI is InChI=1S/C15H17ClO5S/c1-9(17)8-12(10-4-6-11(16)7-5-10)13-14(18)15(2,3)21-22(13,19)20/h4-7,12-13H,8H2,1-3H3. The quantitative estimate of drug-likeness (QED) is 0.784. The summed E-state index contributed by atoms with van der Waals surface area (Å²) in [6, 6.07) is 6.46. The van der Waals surface area contributed by atoms with Crippen LogP contribution in [0.15, 0.2) is 24.3 Å². The van der Waals surface area contributed by atoms with Gasteiger partial charge in [0.05, 0.1) is 0 Å². The van der Waals surface area contributed by atoms with Crippen molar-refractivity contribution in [2.24, 2.45) is 0 Å². The molecule has 0 amide bonds. The number of Topliss-reactive ketones (excluding diaryl/α,β-unsaturated/α-hetero) is 2.